The minimum atomic E-state index is -0.683. The number of carbonyl (C=O) groups excluding carboxylic acids is 1. The van der Waals surface area contributed by atoms with Gasteiger partial charge in [-0.15, -0.1) is 0 Å². The van der Waals surface area contributed by atoms with Gasteiger partial charge in [-0.25, -0.2) is 4.39 Å². The normalized spacial score (nSPS) is 18.5. The summed E-state index contributed by atoms with van der Waals surface area (Å²) in [5, 5.41) is 13.0. The van der Waals surface area contributed by atoms with Crippen LogP contribution in [0.5, 0.6) is 0 Å². The summed E-state index contributed by atoms with van der Waals surface area (Å²) >= 11 is 0. The van der Waals surface area contributed by atoms with Gasteiger partial charge in [0, 0.05) is 12.0 Å². The maximum atomic E-state index is 12.8. The molecule has 1 aromatic carbocycles. The largest absolute Gasteiger partial charge is 0.388 e. The molecule has 1 saturated carbocycles. The third-order valence-corrected chi connectivity index (χ3v) is 3.70. The van der Waals surface area contributed by atoms with Gasteiger partial charge < -0.3 is 10.4 Å². The lowest BCUT2D eigenvalue weighted by atomic mass is 9.84. The standard InChI is InChI=1S/C15H20FNO2/c1-10(17-15(19)12-3-2-4-12)9-14(18)11-5-7-13(16)8-6-11/h5-8,10,12,14,18H,2-4,9H2,1H3,(H,17,19). The molecule has 1 fully saturated rings. The molecule has 0 heterocycles. The highest BCUT2D eigenvalue weighted by molar-refractivity contribution is 5.79. The van der Waals surface area contributed by atoms with E-state index in [2.05, 4.69) is 5.32 Å². The van der Waals surface area contributed by atoms with Crippen molar-refractivity contribution >= 4 is 5.91 Å². The van der Waals surface area contributed by atoms with Crippen molar-refractivity contribution in [3.05, 3.63) is 35.6 Å². The van der Waals surface area contributed by atoms with Crippen LogP contribution in [0.3, 0.4) is 0 Å². The molecule has 2 atom stereocenters. The number of rotatable bonds is 5. The Labute approximate surface area is 112 Å². The van der Waals surface area contributed by atoms with Crippen molar-refractivity contribution in [2.24, 2.45) is 5.92 Å². The van der Waals surface area contributed by atoms with Crippen LogP contribution in [0.1, 0.15) is 44.3 Å². The monoisotopic (exact) mass is 265 g/mol. The zero-order valence-corrected chi connectivity index (χ0v) is 11.1. The summed E-state index contributed by atoms with van der Waals surface area (Å²) < 4.78 is 12.8. The number of halogens is 1. The number of aliphatic hydroxyl groups excluding tert-OH is 1. The molecule has 1 aliphatic rings. The van der Waals surface area contributed by atoms with Gasteiger partial charge in [-0.1, -0.05) is 18.6 Å². The van der Waals surface area contributed by atoms with E-state index in [0.717, 1.165) is 19.3 Å². The predicted octanol–water partition coefficient (Wildman–Crippen LogP) is 2.55. The molecule has 0 saturated heterocycles. The first-order valence-electron chi connectivity index (χ1n) is 6.80. The summed E-state index contributed by atoms with van der Waals surface area (Å²) in [6.45, 7) is 1.88. The van der Waals surface area contributed by atoms with Crippen molar-refractivity contribution in [3.8, 4) is 0 Å². The van der Waals surface area contributed by atoms with Crippen molar-refractivity contribution in [3.63, 3.8) is 0 Å². The molecule has 0 bridgehead atoms. The Hall–Kier alpha value is -1.42. The van der Waals surface area contributed by atoms with Crippen LogP contribution in [0.25, 0.3) is 0 Å². The van der Waals surface area contributed by atoms with E-state index in [1.54, 1.807) is 12.1 Å². The highest BCUT2D eigenvalue weighted by Crippen LogP contribution is 2.26. The third kappa shape index (κ3) is 3.77. The van der Waals surface area contributed by atoms with E-state index < -0.39 is 6.10 Å². The Morgan fingerprint density at radius 1 is 1.42 bits per heavy atom. The number of amides is 1. The number of carbonyl (C=O) groups is 1. The molecule has 104 valence electrons. The van der Waals surface area contributed by atoms with Crippen molar-refractivity contribution in [2.75, 3.05) is 0 Å². The van der Waals surface area contributed by atoms with E-state index >= 15 is 0 Å². The Bertz CT molecular complexity index is 428. The number of benzene rings is 1. The van der Waals surface area contributed by atoms with Crippen molar-refractivity contribution in [1.29, 1.82) is 0 Å². The summed E-state index contributed by atoms with van der Waals surface area (Å²) in [5.41, 5.74) is 0.672. The third-order valence-electron chi connectivity index (χ3n) is 3.70. The van der Waals surface area contributed by atoms with E-state index in [1.807, 2.05) is 6.92 Å². The minimum Gasteiger partial charge on any atom is -0.388 e. The predicted molar refractivity (Wildman–Crippen MR) is 70.9 cm³/mol. The molecular weight excluding hydrogens is 245 g/mol. The van der Waals surface area contributed by atoms with E-state index in [9.17, 15) is 14.3 Å². The molecule has 2 unspecified atom stereocenters. The fraction of sp³-hybridized carbons (Fsp3) is 0.533. The Balaban J connectivity index is 1.82. The van der Waals surface area contributed by atoms with Crippen LogP contribution in [0, 0.1) is 11.7 Å². The summed E-state index contributed by atoms with van der Waals surface area (Å²) in [6.07, 6.45) is 2.82. The molecule has 1 aliphatic carbocycles. The zero-order valence-electron chi connectivity index (χ0n) is 11.1. The van der Waals surface area contributed by atoms with E-state index in [4.69, 9.17) is 0 Å². The number of aliphatic hydroxyl groups is 1. The molecule has 4 heteroatoms. The van der Waals surface area contributed by atoms with Gasteiger partial charge in [-0.05, 0) is 43.9 Å². The van der Waals surface area contributed by atoms with E-state index in [-0.39, 0.29) is 23.7 Å². The minimum absolute atomic E-state index is 0.0880. The van der Waals surface area contributed by atoms with Crippen LogP contribution in [-0.2, 0) is 4.79 Å². The van der Waals surface area contributed by atoms with Gasteiger partial charge in [0.1, 0.15) is 5.82 Å². The summed E-state index contributed by atoms with van der Waals surface area (Å²) in [6, 6.07) is 5.71. The van der Waals surface area contributed by atoms with E-state index in [1.165, 1.54) is 12.1 Å². The molecule has 1 aromatic rings. The summed E-state index contributed by atoms with van der Waals surface area (Å²) in [4.78, 5) is 11.8. The smallest absolute Gasteiger partial charge is 0.223 e. The van der Waals surface area contributed by atoms with Crippen molar-refractivity contribution in [2.45, 2.75) is 44.8 Å². The van der Waals surface area contributed by atoms with Gasteiger partial charge in [0.15, 0.2) is 0 Å². The zero-order chi connectivity index (χ0) is 13.8. The maximum Gasteiger partial charge on any atom is 0.223 e. The topological polar surface area (TPSA) is 49.3 Å². The van der Waals surface area contributed by atoms with Crippen molar-refractivity contribution < 1.29 is 14.3 Å². The number of hydrogen-bond acceptors (Lipinski definition) is 2. The first kappa shape index (κ1) is 14.0. The molecular formula is C15H20FNO2. The summed E-state index contributed by atoms with van der Waals surface area (Å²) in [7, 11) is 0. The van der Waals surface area contributed by atoms with Gasteiger partial charge in [0.05, 0.1) is 6.10 Å². The van der Waals surface area contributed by atoms with Gasteiger partial charge >= 0.3 is 0 Å². The summed E-state index contributed by atoms with van der Waals surface area (Å²) in [5.74, 6) is -0.0715. The lowest BCUT2D eigenvalue weighted by molar-refractivity contribution is -0.128. The maximum absolute atomic E-state index is 12.8. The van der Waals surface area contributed by atoms with Gasteiger partial charge in [-0.3, -0.25) is 4.79 Å². The first-order chi connectivity index (χ1) is 9.06. The highest BCUT2D eigenvalue weighted by atomic mass is 19.1. The van der Waals surface area contributed by atoms with Crippen molar-refractivity contribution in [1.82, 2.24) is 5.32 Å². The average molecular weight is 265 g/mol. The SMILES string of the molecule is CC(CC(O)c1ccc(F)cc1)NC(=O)C1CCC1. The molecule has 3 nitrogen and oxygen atoms in total. The number of hydrogen-bond donors (Lipinski definition) is 2. The fourth-order valence-electron chi connectivity index (χ4n) is 2.25. The second-order valence-corrected chi connectivity index (χ2v) is 5.34. The molecule has 2 N–H and O–H groups in total. The highest BCUT2D eigenvalue weighted by Gasteiger charge is 2.26. The van der Waals surface area contributed by atoms with E-state index in [0.29, 0.717) is 12.0 Å². The average Bonchev–Trinajstić information content (AvgIpc) is 2.26. The Kier molecular flexibility index (Phi) is 4.53. The van der Waals surface area contributed by atoms with Crippen LogP contribution in [0.2, 0.25) is 0 Å². The lowest BCUT2D eigenvalue weighted by Crippen LogP contribution is -2.40. The molecule has 0 radical (unpaired) electrons. The van der Waals surface area contributed by atoms with Crippen LogP contribution < -0.4 is 5.32 Å². The molecule has 0 aliphatic heterocycles. The fourth-order valence-corrected chi connectivity index (χ4v) is 2.25. The molecule has 19 heavy (non-hydrogen) atoms. The quantitative estimate of drug-likeness (QED) is 0.859. The van der Waals surface area contributed by atoms with Crippen LogP contribution >= 0.6 is 0 Å². The first-order valence-corrected chi connectivity index (χ1v) is 6.80. The van der Waals surface area contributed by atoms with Crippen LogP contribution in [-0.4, -0.2) is 17.1 Å². The molecule has 0 aromatic heterocycles. The second-order valence-electron chi connectivity index (χ2n) is 5.34. The van der Waals surface area contributed by atoms with Gasteiger partial charge in [0.2, 0.25) is 5.91 Å². The Morgan fingerprint density at radius 2 is 2.05 bits per heavy atom. The molecule has 2 rings (SSSR count). The van der Waals surface area contributed by atoms with Gasteiger partial charge in [-0.2, -0.15) is 0 Å². The van der Waals surface area contributed by atoms with Crippen LogP contribution in [0.15, 0.2) is 24.3 Å². The molecule has 0 spiro atoms. The Morgan fingerprint density at radius 3 is 2.58 bits per heavy atom. The second kappa shape index (κ2) is 6.15. The van der Waals surface area contributed by atoms with Crippen LogP contribution in [0.4, 0.5) is 4.39 Å². The molecule has 1 amide bonds. The van der Waals surface area contributed by atoms with Gasteiger partial charge in [0.25, 0.3) is 0 Å². The lowest BCUT2D eigenvalue weighted by Gasteiger charge is -2.27. The number of nitrogens with one attached hydrogen (secondary N) is 1.